The van der Waals surface area contributed by atoms with Crippen LogP contribution in [0.3, 0.4) is 0 Å². The highest BCUT2D eigenvalue weighted by Crippen LogP contribution is 2.32. The molecule has 108 valence electrons. The van der Waals surface area contributed by atoms with Crippen LogP contribution in [0.4, 0.5) is 0 Å². The van der Waals surface area contributed by atoms with Gasteiger partial charge in [-0.3, -0.25) is 4.79 Å². The molecule has 0 aliphatic carbocycles. The number of amides is 1. The Hall–Kier alpha value is -2.49. The lowest BCUT2D eigenvalue weighted by Gasteiger charge is -2.18. The second-order valence-corrected chi connectivity index (χ2v) is 5.16. The van der Waals surface area contributed by atoms with Gasteiger partial charge in [-0.05, 0) is 36.2 Å². The molecule has 2 aromatic rings. The molecule has 0 saturated carbocycles. The van der Waals surface area contributed by atoms with E-state index in [1.54, 1.807) is 11.9 Å². The fourth-order valence-electron chi connectivity index (χ4n) is 2.40. The van der Waals surface area contributed by atoms with Crippen molar-refractivity contribution >= 4 is 5.91 Å². The van der Waals surface area contributed by atoms with E-state index in [4.69, 9.17) is 9.47 Å². The van der Waals surface area contributed by atoms with Crippen molar-refractivity contribution in [2.45, 2.75) is 13.5 Å². The molecule has 2 aromatic carbocycles. The van der Waals surface area contributed by atoms with Crippen molar-refractivity contribution in [3.8, 4) is 11.5 Å². The Bertz CT molecular complexity index is 681. The predicted octanol–water partition coefficient (Wildman–Crippen LogP) is 3.00. The maximum atomic E-state index is 12.5. The summed E-state index contributed by atoms with van der Waals surface area (Å²) in [4.78, 5) is 14.2. The number of ether oxygens (including phenoxy) is 2. The van der Waals surface area contributed by atoms with Gasteiger partial charge in [-0.25, -0.2) is 0 Å². The van der Waals surface area contributed by atoms with E-state index in [9.17, 15) is 4.79 Å². The first-order valence-electron chi connectivity index (χ1n) is 6.85. The summed E-state index contributed by atoms with van der Waals surface area (Å²) in [5.74, 6) is 1.52. The Morgan fingerprint density at radius 1 is 1.14 bits per heavy atom. The number of fused-ring (bicyclic) bond motifs is 1. The number of carbonyl (C=O) groups is 1. The Morgan fingerprint density at radius 3 is 2.71 bits per heavy atom. The van der Waals surface area contributed by atoms with E-state index in [1.807, 2.05) is 49.4 Å². The van der Waals surface area contributed by atoms with Crippen LogP contribution in [0.25, 0.3) is 0 Å². The summed E-state index contributed by atoms with van der Waals surface area (Å²) in [7, 11) is 1.80. The molecule has 0 saturated heterocycles. The maximum absolute atomic E-state index is 12.5. The molecule has 4 heteroatoms. The normalized spacial score (nSPS) is 12.3. The molecule has 0 atom stereocenters. The summed E-state index contributed by atoms with van der Waals surface area (Å²) < 4.78 is 10.6. The lowest BCUT2D eigenvalue weighted by molar-refractivity contribution is 0.0784. The molecule has 1 aliphatic heterocycles. The summed E-state index contributed by atoms with van der Waals surface area (Å²) in [6.07, 6.45) is 0. The van der Waals surface area contributed by atoms with Gasteiger partial charge >= 0.3 is 0 Å². The van der Waals surface area contributed by atoms with Crippen molar-refractivity contribution < 1.29 is 14.3 Å². The second kappa shape index (κ2) is 5.48. The first-order valence-corrected chi connectivity index (χ1v) is 6.85. The number of carbonyl (C=O) groups excluding carboxylic acids is 1. The zero-order valence-corrected chi connectivity index (χ0v) is 12.1. The molecule has 1 heterocycles. The van der Waals surface area contributed by atoms with E-state index in [0.717, 1.165) is 28.2 Å². The number of nitrogens with zero attached hydrogens (tertiary/aromatic N) is 1. The van der Waals surface area contributed by atoms with Gasteiger partial charge in [-0.2, -0.15) is 0 Å². The van der Waals surface area contributed by atoms with Crippen LogP contribution in [0, 0.1) is 6.92 Å². The van der Waals surface area contributed by atoms with Gasteiger partial charge in [0.05, 0.1) is 0 Å². The standard InChI is InChI=1S/C17H17NO3/c1-12-5-3-4-6-14(12)17(19)18(2)10-13-7-8-15-16(9-13)21-11-20-15/h3-9H,10-11H2,1-2H3. The van der Waals surface area contributed by atoms with Crippen molar-refractivity contribution in [2.24, 2.45) is 0 Å². The first kappa shape index (κ1) is 13.5. The third-order valence-corrected chi connectivity index (χ3v) is 3.58. The Morgan fingerprint density at radius 2 is 1.90 bits per heavy atom. The summed E-state index contributed by atoms with van der Waals surface area (Å²) in [6, 6.07) is 13.4. The number of aryl methyl sites for hydroxylation is 1. The van der Waals surface area contributed by atoms with E-state index in [1.165, 1.54) is 0 Å². The van der Waals surface area contributed by atoms with Gasteiger partial charge in [0.15, 0.2) is 11.5 Å². The molecule has 0 radical (unpaired) electrons. The van der Waals surface area contributed by atoms with Gasteiger partial charge in [0.1, 0.15) is 0 Å². The maximum Gasteiger partial charge on any atom is 0.254 e. The van der Waals surface area contributed by atoms with E-state index < -0.39 is 0 Å². The van der Waals surface area contributed by atoms with E-state index >= 15 is 0 Å². The van der Waals surface area contributed by atoms with Gasteiger partial charge in [0.25, 0.3) is 5.91 Å². The highest BCUT2D eigenvalue weighted by molar-refractivity contribution is 5.95. The van der Waals surface area contributed by atoms with Gasteiger partial charge < -0.3 is 14.4 Å². The zero-order chi connectivity index (χ0) is 14.8. The Labute approximate surface area is 123 Å². The lowest BCUT2D eigenvalue weighted by atomic mass is 10.1. The van der Waals surface area contributed by atoms with E-state index in [-0.39, 0.29) is 12.7 Å². The molecular formula is C17H17NO3. The molecule has 0 unspecified atom stereocenters. The quantitative estimate of drug-likeness (QED) is 0.869. The van der Waals surface area contributed by atoms with Crippen molar-refractivity contribution in [1.82, 2.24) is 4.90 Å². The molecule has 0 spiro atoms. The molecule has 1 aliphatic rings. The fraction of sp³-hybridized carbons (Fsp3) is 0.235. The largest absolute Gasteiger partial charge is 0.454 e. The SMILES string of the molecule is Cc1ccccc1C(=O)N(C)Cc1ccc2c(c1)OCO2. The van der Waals surface area contributed by atoms with E-state index in [2.05, 4.69) is 0 Å². The Kier molecular flexibility index (Phi) is 3.52. The van der Waals surface area contributed by atoms with Crippen LogP contribution in [-0.2, 0) is 6.54 Å². The van der Waals surface area contributed by atoms with Crippen molar-refractivity contribution in [1.29, 1.82) is 0 Å². The molecule has 4 nitrogen and oxygen atoms in total. The lowest BCUT2D eigenvalue weighted by Crippen LogP contribution is -2.26. The molecule has 0 N–H and O–H groups in total. The summed E-state index contributed by atoms with van der Waals surface area (Å²) in [5.41, 5.74) is 2.74. The van der Waals surface area contributed by atoms with Gasteiger partial charge in [-0.1, -0.05) is 24.3 Å². The topological polar surface area (TPSA) is 38.8 Å². The van der Waals surface area contributed by atoms with Crippen molar-refractivity contribution in [3.05, 3.63) is 59.2 Å². The summed E-state index contributed by atoms with van der Waals surface area (Å²) in [6.45, 7) is 2.74. The number of hydrogen-bond acceptors (Lipinski definition) is 3. The molecular weight excluding hydrogens is 266 g/mol. The summed E-state index contributed by atoms with van der Waals surface area (Å²) in [5, 5.41) is 0. The number of benzene rings is 2. The molecule has 3 rings (SSSR count). The van der Waals surface area contributed by atoms with Crippen LogP contribution < -0.4 is 9.47 Å². The first-order chi connectivity index (χ1) is 10.1. The van der Waals surface area contributed by atoms with Crippen LogP contribution in [0.5, 0.6) is 11.5 Å². The van der Waals surface area contributed by atoms with Crippen molar-refractivity contribution in [2.75, 3.05) is 13.8 Å². The average molecular weight is 283 g/mol. The van der Waals surface area contributed by atoms with Crippen LogP contribution in [-0.4, -0.2) is 24.6 Å². The van der Waals surface area contributed by atoms with Crippen LogP contribution in [0.2, 0.25) is 0 Å². The van der Waals surface area contributed by atoms with Crippen molar-refractivity contribution in [3.63, 3.8) is 0 Å². The molecule has 0 bridgehead atoms. The summed E-state index contributed by atoms with van der Waals surface area (Å²) >= 11 is 0. The minimum Gasteiger partial charge on any atom is -0.454 e. The molecule has 1 amide bonds. The Balaban J connectivity index is 1.76. The highest BCUT2D eigenvalue weighted by atomic mass is 16.7. The smallest absolute Gasteiger partial charge is 0.254 e. The van der Waals surface area contributed by atoms with Crippen LogP contribution >= 0.6 is 0 Å². The third-order valence-electron chi connectivity index (χ3n) is 3.58. The van der Waals surface area contributed by atoms with Crippen LogP contribution in [0.1, 0.15) is 21.5 Å². The van der Waals surface area contributed by atoms with Gasteiger partial charge in [0.2, 0.25) is 6.79 Å². The second-order valence-electron chi connectivity index (χ2n) is 5.16. The fourth-order valence-corrected chi connectivity index (χ4v) is 2.40. The highest BCUT2D eigenvalue weighted by Gasteiger charge is 2.17. The minimum atomic E-state index is 0.0192. The monoisotopic (exact) mass is 283 g/mol. The van der Waals surface area contributed by atoms with Gasteiger partial charge in [-0.15, -0.1) is 0 Å². The number of hydrogen-bond donors (Lipinski definition) is 0. The average Bonchev–Trinajstić information content (AvgIpc) is 2.94. The molecule has 21 heavy (non-hydrogen) atoms. The molecule has 0 fully saturated rings. The van der Waals surface area contributed by atoms with Gasteiger partial charge in [0, 0.05) is 19.2 Å². The predicted molar refractivity (Wildman–Crippen MR) is 79.5 cm³/mol. The number of rotatable bonds is 3. The minimum absolute atomic E-state index is 0.0192. The van der Waals surface area contributed by atoms with E-state index in [0.29, 0.717) is 6.54 Å². The molecule has 0 aromatic heterocycles. The third kappa shape index (κ3) is 2.70. The van der Waals surface area contributed by atoms with Crippen LogP contribution in [0.15, 0.2) is 42.5 Å². The zero-order valence-electron chi connectivity index (χ0n) is 12.1.